The first-order valence-electron chi connectivity index (χ1n) is 8.94. The van der Waals surface area contributed by atoms with E-state index < -0.39 is 30.1 Å². The lowest BCUT2D eigenvalue weighted by Gasteiger charge is -2.26. The molecule has 0 aliphatic carbocycles. The first kappa shape index (κ1) is 19.8. The summed E-state index contributed by atoms with van der Waals surface area (Å²) in [5, 5.41) is 11.9. The van der Waals surface area contributed by atoms with E-state index in [-0.39, 0.29) is 12.5 Å². The molecule has 1 aromatic rings. The van der Waals surface area contributed by atoms with Gasteiger partial charge >= 0.3 is 12.1 Å². The largest absolute Gasteiger partial charge is 0.480 e. The zero-order valence-corrected chi connectivity index (χ0v) is 15.2. The molecule has 0 saturated carbocycles. The second-order valence-corrected chi connectivity index (χ2v) is 6.60. The van der Waals surface area contributed by atoms with Gasteiger partial charge in [0.25, 0.3) is 0 Å². The van der Waals surface area contributed by atoms with Crippen LogP contribution in [0.3, 0.4) is 0 Å². The van der Waals surface area contributed by atoms with Crippen molar-refractivity contribution in [2.75, 3.05) is 6.54 Å². The maximum Gasteiger partial charge on any atom is 0.410 e. The molecular formula is C19H26N2O5. The van der Waals surface area contributed by atoms with Crippen LogP contribution in [0.15, 0.2) is 30.3 Å². The van der Waals surface area contributed by atoms with Gasteiger partial charge in [0, 0.05) is 6.54 Å². The third kappa shape index (κ3) is 4.97. The maximum atomic E-state index is 12.5. The van der Waals surface area contributed by atoms with Crippen molar-refractivity contribution in [2.24, 2.45) is 5.92 Å². The van der Waals surface area contributed by atoms with E-state index in [0.717, 1.165) is 5.56 Å². The van der Waals surface area contributed by atoms with Gasteiger partial charge in [-0.15, -0.1) is 0 Å². The third-order valence-electron chi connectivity index (χ3n) is 4.77. The van der Waals surface area contributed by atoms with Crippen molar-refractivity contribution in [3.8, 4) is 0 Å². The number of nitrogens with zero attached hydrogens (tertiary/aromatic N) is 1. The SMILES string of the molecule is CC[C@H](C)[C@H](NC(=O)[C@H]1CCCN1C(=O)OCc1ccccc1)C(=O)O. The summed E-state index contributed by atoms with van der Waals surface area (Å²) >= 11 is 0. The van der Waals surface area contributed by atoms with E-state index in [9.17, 15) is 19.5 Å². The number of likely N-dealkylation sites (tertiary alicyclic amines) is 1. The molecule has 0 unspecified atom stereocenters. The lowest BCUT2D eigenvalue weighted by molar-refractivity contribution is -0.144. The fraction of sp³-hybridized carbons (Fsp3) is 0.526. The summed E-state index contributed by atoms with van der Waals surface area (Å²) in [7, 11) is 0. The van der Waals surface area contributed by atoms with Gasteiger partial charge in [-0.3, -0.25) is 9.69 Å². The minimum Gasteiger partial charge on any atom is -0.480 e. The Morgan fingerprint density at radius 1 is 1.31 bits per heavy atom. The minimum atomic E-state index is -1.07. The summed E-state index contributed by atoms with van der Waals surface area (Å²) in [6, 6.07) is 7.64. The van der Waals surface area contributed by atoms with E-state index in [1.54, 1.807) is 6.92 Å². The maximum absolute atomic E-state index is 12.5. The number of carbonyl (C=O) groups excluding carboxylic acids is 2. The Morgan fingerprint density at radius 3 is 2.62 bits per heavy atom. The molecule has 142 valence electrons. The predicted molar refractivity (Wildman–Crippen MR) is 95.4 cm³/mol. The summed E-state index contributed by atoms with van der Waals surface area (Å²) in [6.07, 6.45) is 1.26. The lowest BCUT2D eigenvalue weighted by Crippen LogP contribution is -2.52. The summed E-state index contributed by atoms with van der Waals surface area (Å²) < 4.78 is 5.30. The summed E-state index contributed by atoms with van der Waals surface area (Å²) in [6.45, 7) is 4.21. The van der Waals surface area contributed by atoms with E-state index in [1.807, 2.05) is 37.3 Å². The number of aliphatic carboxylic acids is 1. The molecule has 2 amide bonds. The predicted octanol–water partition coefficient (Wildman–Crippen LogP) is 2.40. The smallest absolute Gasteiger partial charge is 0.410 e. The molecule has 7 nitrogen and oxygen atoms in total. The van der Waals surface area contributed by atoms with Crippen molar-refractivity contribution >= 4 is 18.0 Å². The molecular weight excluding hydrogens is 336 g/mol. The number of carboxylic acid groups (broad SMARTS) is 1. The molecule has 1 aliphatic rings. The van der Waals surface area contributed by atoms with E-state index in [1.165, 1.54) is 4.90 Å². The number of carboxylic acids is 1. The molecule has 2 rings (SSSR count). The molecule has 26 heavy (non-hydrogen) atoms. The lowest BCUT2D eigenvalue weighted by atomic mass is 9.99. The van der Waals surface area contributed by atoms with Crippen molar-refractivity contribution in [1.29, 1.82) is 0 Å². The zero-order valence-electron chi connectivity index (χ0n) is 15.2. The van der Waals surface area contributed by atoms with Gasteiger partial charge in [0.15, 0.2) is 0 Å². The van der Waals surface area contributed by atoms with Gasteiger partial charge in [-0.1, -0.05) is 50.6 Å². The first-order chi connectivity index (χ1) is 12.4. The van der Waals surface area contributed by atoms with Gasteiger partial charge < -0.3 is 15.2 Å². The van der Waals surface area contributed by atoms with Crippen LogP contribution in [-0.2, 0) is 20.9 Å². The Kier molecular flexibility index (Phi) is 7.00. The fourth-order valence-corrected chi connectivity index (χ4v) is 2.99. The van der Waals surface area contributed by atoms with Crippen molar-refractivity contribution in [1.82, 2.24) is 10.2 Å². The number of nitrogens with one attached hydrogen (secondary N) is 1. The Bertz CT molecular complexity index is 634. The van der Waals surface area contributed by atoms with Crippen LogP contribution in [0, 0.1) is 5.92 Å². The molecule has 3 atom stereocenters. The molecule has 1 aliphatic heterocycles. The monoisotopic (exact) mass is 362 g/mol. The van der Waals surface area contributed by atoms with Gasteiger partial charge in [0.05, 0.1) is 0 Å². The number of hydrogen-bond donors (Lipinski definition) is 2. The average molecular weight is 362 g/mol. The summed E-state index contributed by atoms with van der Waals surface area (Å²) in [5.41, 5.74) is 0.865. The fourth-order valence-electron chi connectivity index (χ4n) is 2.99. The number of carbonyl (C=O) groups is 3. The molecule has 2 N–H and O–H groups in total. The van der Waals surface area contributed by atoms with Gasteiger partial charge in [0.2, 0.25) is 5.91 Å². The molecule has 0 aromatic heterocycles. The van der Waals surface area contributed by atoms with Crippen molar-refractivity contribution < 1.29 is 24.2 Å². The van der Waals surface area contributed by atoms with Crippen molar-refractivity contribution in [2.45, 2.75) is 51.8 Å². The van der Waals surface area contributed by atoms with Crippen LogP contribution < -0.4 is 5.32 Å². The van der Waals surface area contributed by atoms with Crippen LogP contribution in [0.2, 0.25) is 0 Å². The van der Waals surface area contributed by atoms with Gasteiger partial charge in [-0.05, 0) is 24.3 Å². The number of rotatable bonds is 7. The van der Waals surface area contributed by atoms with Crippen molar-refractivity contribution in [3.63, 3.8) is 0 Å². The van der Waals surface area contributed by atoms with Crippen LogP contribution in [0.25, 0.3) is 0 Å². The Labute approximate surface area is 153 Å². The quantitative estimate of drug-likeness (QED) is 0.776. The Morgan fingerprint density at radius 2 is 2.00 bits per heavy atom. The van der Waals surface area contributed by atoms with Crippen LogP contribution in [0.5, 0.6) is 0 Å². The van der Waals surface area contributed by atoms with Crippen LogP contribution in [0.1, 0.15) is 38.7 Å². The topological polar surface area (TPSA) is 95.9 Å². The average Bonchev–Trinajstić information content (AvgIpc) is 3.14. The highest BCUT2D eigenvalue weighted by atomic mass is 16.6. The van der Waals surface area contributed by atoms with Crippen LogP contribution in [-0.4, -0.2) is 46.6 Å². The summed E-state index contributed by atoms with van der Waals surface area (Å²) in [4.78, 5) is 37.7. The van der Waals surface area contributed by atoms with Crippen LogP contribution in [0.4, 0.5) is 4.79 Å². The number of benzene rings is 1. The van der Waals surface area contributed by atoms with E-state index in [2.05, 4.69) is 5.32 Å². The molecule has 1 fully saturated rings. The number of hydrogen-bond acceptors (Lipinski definition) is 4. The highest BCUT2D eigenvalue weighted by molar-refractivity contribution is 5.89. The molecule has 1 saturated heterocycles. The van der Waals surface area contributed by atoms with Gasteiger partial charge in [-0.25, -0.2) is 9.59 Å². The number of amides is 2. The molecule has 1 aromatic carbocycles. The van der Waals surface area contributed by atoms with E-state index in [4.69, 9.17) is 4.74 Å². The second-order valence-electron chi connectivity index (χ2n) is 6.60. The Hall–Kier alpha value is -2.57. The highest BCUT2D eigenvalue weighted by Gasteiger charge is 2.37. The van der Waals surface area contributed by atoms with Crippen molar-refractivity contribution in [3.05, 3.63) is 35.9 Å². The molecule has 1 heterocycles. The Balaban J connectivity index is 1.96. The molecule has 0 bridgehead atoms. The molecule has 0 radical (unpaired) electrons. The van der Waals surface area contributed by atoms with E-state index >= 15 is 0 Å². The number of ether oxygens (including phenoxy) is 1. The first-order valence-corrected chi connectivity index (χ1v) is 8.94. The van der Waals surface area contributed by atoms with Gasteiger partial charge in [-0.2, -0.15) is 0 Å². The summed E-state index contributed by atoms with van der Waals surface area (Å²) in [5.74, 6) is -1.70. The second kappa shape index (κ2) is 9.22. The zero-order chi connectivity index (χ0) is 19.1. The minimum absolute atomic E-state index is 0.134. The van der Waals surface area contributed by atoms with Crippen LogP contribution >= 0.6 is 0 Å². The van der Waals surface area contributed by atoms with Gasteiger partial charge in [0.1, 0.15) is 18.7 Å². The molecule has 0 spiro atoms. The standard InChI is InChI=1S/C19H26N2O5/c1-3-13(2)16(18(23)24)20-17(22)15-10-7-11-21(15)19(25)26-12-14-8-5-4-6-9-14/h4-6,8-9,13,15-16H,3,7,10-12H2,1-2H3,(H,20,22)(H,23,24)/t13-,15+,16-/m0/s1. The molecule has 7 heteroatoms. The highest BCUT2D eigenvalue weighted by Crippen LogP contribution is 2.20. The normalized spacial score (nSPS) is 18.8. The third-order valence-corrected chi connectivity index (χ3v) is 4.77. The van der Waals surface area contributed by atoms with E-state index in [0.29, 0.717) is 25.8 Å².